The highest BCUT2D eigenvalue weighted by atomic mass is 19.4. The van der Waals surface area contributed by atoms with Crippen molar-refractivity contribution < 1.29 is 13.2 Å². The van der Waals surface area contributed by atoms with E-state index in [1.807, 2.05) is 0 Å². The third kappa shape index (κ3) is 2.98. The fourth-order valence-electron chi connectivity index (χ4n) is 1.99. The van der Waals surface area contributed by atoms with E-state index in [1.165, 1.54) is 6.20 Å². The number of hydrogen-bond donors (Lipinski definition) is 2. The van der Waals surface area contributed by atoms with Gasteiger partial charge in [-0.25, -0.2) is 4.98 Å². The standard InChI is InChI=1S/C10H14F3N3/c11-10(12,13)5-8-6-15-9(16-8)7-1-3-14-4-2-7/h6-7,14H,1-5H2,(H,15,16). The lowest BCUT2D eigenvalue weighted by molar-refractivity contribution is -0.127. The van der Waals surface area contributed by atoms with Crippen molar-refractivity contribution in [1.29, 1.82) is 0 Å². The number of alkyl halides is 3. The zero-order valence-corrected chi connectivity index (χ0v) is 8.77. The molecule has 6 heteroatoms. The fourth-order valence-corrected chi connectivity index (χ4v) is 1.99. The minimum atomic E-state index is -4.17. The highest BCUT2D eigenvalue weighted by molar-refractivity contribution is 5.07. The van der Waals surface area contributed by atoms with Crippen LogP contribution in [0.2, 0.25) is 0 Å². The molecule has 2 N–H and O–H groups in total. The van der Waals surface area contributed by atoms with E-state index >= 15 is 0 Å². The van der Waals surface area contributed by atoms with Gasteiger partial charge in [-0.15, -0.1) is 0 Å². The van der Waals surface area contributed by atoms with E-state index in [0.29, 0.717) is 5.82 Å². The molecule has 16 heavy (non-hydrogen) atoms. The summed E-state index contributed by atoms with van der Waals surface area (Å²) in [5.41, 5.74) is 0.154. The number of rotatable bonds is 2. The molecule has 0 bridgehead atoms. The van der Waals surface area contributed by atoms with Crippen molar-refractivity contribution in [2.24, 2.45) is 0 Å². The molecule has 0 unspecified atom stereocenters. The van der Waals surface area contributed by atoms with E-state index in [1.54, 1.807) is 0 Å². The van der Waals surface area contributed by atoms with Gasteiger partial charge in [0.05, 0.1) is 6.42 Å². The quantitative estimate of drug-likeness (QED) is 0.820. The number of aromatic amines is 1. The Hall–Kier alpha value is -1.04. The van der Waals surface area contributed by atoms with Crippen molar-refractivity contribution in [2.45, 2.75) is 31.4 Å². The second kappa shape index (κ2) is 4.45. The Morgan fingerprint density at radius 2 is 2.00 bits per heavy atom. The maximum atomic E-state index is 12.1. The molecule has 90 valence electrons. The van der Waals surface area contributed by atoms with Gasteiger partial charge in [0, 0.05) is 17.8 Å². The zero-order chi connectivity index (χ0) is 11.6. The minimum Gasteiger partial charge on any atom is -0.345 e. The van der Waals surface area contributed by atoms with Gasteiger partial charge < -0.3 is 10.3 Å². The predicted octanol–water partition coefficient (Wildman–Crippen LogP) is 1.98. The summed E-state index contributed by atoms with van der Waals surface area (Å²) >= 11 is 0. The van der Waals surface area contributed by atoms with Crippen LogP contribution in [-0.2, 0) is 6.42 Å². The van der Waals surface area contributed by atoms with Crippen LogP contribution in [0.5, 0.6) is 0 Å². The lowest BCUT2D eigenvalue weighted by Gasteiger charge is -2.20. The molecule has 1 aromatic heterocycles. The van der Waals surface area contributed by atoms with Crippen LogP contribution in [0.15, 0.2) is 6.20 Å². The third-order valence-corrected chi connectivity index (χ3v) is 2.76. The minimum absolute atomic E-state index is 0.154. The second-order valence-corrected chi connectivity index (χ2v) is 4.11. The summed E-state index contributed by atoms with van der Waals surface area (Å²) < 4.78 is 36.4. The van der Waals surface area contributed by atoms with Crippen molar-refractivity contribution in [3.63, 3.8) is 0 Å². The average molecular weight is 233 g/mol. The Morgan fingerprint density at radius 1 is 1.31 bits per heavy atom. The number of H-pyrrole nitrogens is 1. The Balaban J connectivity index is 2.01. The van der Waals surface area contributed by atoms with Crippen LogP contribution in [-0.4, -0.2) is 29.2 Å². The molecule has 1 saturated heterocycles. The molecule has 0 amide bonds. The van der Waals surface area contributed by atoms with Gasteiger partial charge in [-0.3, -0.25) is 0 Å². The van der Waals surface area contributed by atoms with Gasteiger partial charge >= 0.3 is 6.18 Å². The van der Waals surface area contributed by atoms with Crippen LogP contribution in [0.1, 0.15) is 30.3 Å². The number of nitrogens with one attached hydrogen (secondary N) is 2. The molecule has 0 spiro atoms. The van der Waals surface area contributed by atoms with Crippen LogP contribution >= 0.6 is 0 Å². The molecule has 2 heterocycles. The SMILES string of the molecule is FC(F)(F)Cc1cnc(C2CCNCC2)[nH]1. The van der Waals surface area contributed by atoms with Gasteiger partial charge in [0.2, 0.25) is 0 Å². The highest BCUT2D eigenvalue weighted by Crippen LogP contribution is 2.25. The van der Waals surface area contributed by atoms with Crippen LogP contribution in [0.4, 0.5) is 13.2 Å². The van der Waals surface area contributed by atoms with Gasteiger partial charge in [0.15, 0.2) is 0 Å². The summed E-state index contributed by atoms with van der Waals surface area (Å²) in [6, 6.07) is 0. The number of imidazole rings is 1. The summed E-state index contributed by atoms with van der Waals surface area (Å²) in [6.07, 6.45) is -1.94. The third-order valence-electron chi connectivity index (χ3n) is 2.76. The molecule has 2 rings (SSSR count). The van der Waals surface area contributed by atoms with E-state index in [-0.39, 0.29) is 11.6 Å². The summed E-state index contributed by atoms with van der Waals surface area (Å²) in [4.78, 5) is 6.82. The van der Waals surface area contributed by atoms with Crippen LogP contribution in [0, 0.1) is 0 Å². The highest BCUT2D eigenvalue weighted by Gasteiger charge is 2.29. The van der Waals surface area contributed by atoms with Gasteiger partial charge in [0.25, 0.3) is 0 Å². The molecule has 0 saturated carbocycles. The van der Waals surface area contributed by atoms with Crippen molar-refractivity contribution in [1.82, 2.24) is 15.3 Å². The lowest BCUT2D eigenvalue weighted by atomic mass is 9.98. The lowest BCUT2D eigenvalue weighted by Crippen LogP contribution is -2.27. The Kier molecular flexibility index (Phi) is 3.18. The van der Waals surface area contributed by atoms with Gasteiger partial charge in [-0.1, -0.05) is 0 Å². The molecule has 0 atom stereocenters. The summed E-state index contributed by atoms with van der Waals surface area (Å²) in [5.74, 6) is 0.962. The van der Waals surface area contributed by atoms with E-state index in [4.69, 9.17) is 0 Å². The predicted molar refractivity (Wildman–Crippen MR) is 53.2 cm³/mol. The Labute approximate surface area is 91.5 Å². The number of nitrogens with zero attached hydrogens (tertiary/aromatic N) is 1. The Morgan fingerprint density at radius 3 is 2.62 bits per heavy atom. The first-order valence-corrected chi connectivity index (χ1v) is 5.36. The molecule has 1 fully saturated rings. The van der Waals surface area contributed by atoms with E-state index in [0.717, 1.165) is 25.9 Å². The van der Waals surface area contributed by atoms with Crippen molar-refractivity contribution in [3.05, 3.63) is 17.7 Å². The van der Waals surface area contributed by atoms with Gasteiger partial charge in [-0.05, 0) is 25.9 Å². The number of aromatic nitrogens is 2. The second-order valence-electron chi connectivity index (χ2n) is 4.11. The first-order chi connectivity index (χ1) is 7.54. The topological polar surface area (TPSA) is 40.7 Å². The summed E-state index contributed by atoms with van der Waals surface area (Å²) in [7, 11) is 0. The van der Waals surface area contributed by atoms with Crippen LogP contribution in [0.25, 0.3) is 0 Å². The van der Waals surface area contributed by atoms with E-state index < -0.39 is 12.6 Å². The maximum Gasteiger partial charge on any atom is 0.394 e. The number of piperidine rings is 1. The first-order valence-electron chi connectivity index (χ1n) is 5.36. The van der Waals surface area contributed by atoms with E-state index in [9.17, 15) is 13.2 Å². The largest absolute Gasteiger partial charge is 0.394 e. The van der Waals surface area contributed by atoms with Crippen molar-refractivity contribution >= 4 is 0 Å². The monoisotopic (exact) mass is 233 g/mol. The van der Waals surface area contributed by atoms with Crippen molar-refractivity contribution in [3.8, 4) is 0 Å². The molecular weight excluding hydrogens is 219 g/mol. The molecular formula is C10H14F3N3. The number of hydrogen-bond acceptors (Lipinski definition) is 2. The van der Waals surface area contributed by atoms with Crippen LogP contribution < -0.4 is 5.32 Å². The smallest absolute Gasteiger partial charge is 0.345 e. The summed E-state index contributed by atoms with van der Waals surface area (Å²) in [6.45, 7) is 1.81. The Bertz CT molecular complexity index is 339. The molecule has 1 aliphatic heterocycles. The average Bonchev–Trinajstić information content (AvgIpc) is 2.65. The molecule has 1 aromatic rings. The molecule has 3 nitrogen and oxygen atoms in total. The van der Waals surface area contributed by atoms with Gasteiger partial charge in [-0.2, -0.15) is 13.2 Å². The zero-order valence-electron chi connectivity index (χ0n) is 8.77. The first kappa shape index (κ1) is 11.4. The molecule has 1 aliphatic rings. The molecule has 0 aliphatic carbocycles. The molecule has 0 aromatic carbocycles. The number of halogens is 3. The summed E-state index contributed by atoms with van der Waals surface area (Å²) in [5, 5.41) is 3.21. The maximum absolute atomic E-state index is 12.1. The van der Waals surface area contributed by atoms with Crippen molar-refractivity contribution in [2.75, 3.05) is 13.1 Å². The molecule has 0 radical (unpaired) electrons. The fraction of sp³-hybridized carbons (Fsp3) is 0.700. The normalized spacial score (nSPS) is 18.9. The van der Waals surface area contributed by atoms with Gasteiger partial charge in [0.1, 0.15) is 5.82 Å². The van der Waals surface area contributed by atoms with E-state index in [2.05, 4.69) is 15.3 Å². The van der Waals surface area contributed by atoms with Crippen LogP contribution in [0.3, 0.4) is 0 Å².